The van der Waals surface area contributed by atoms with Crippen molar-refractivity contribution in [3.8, 4) is 11.6 Å². The van der Waals surface area contributed by atoms with E-state index in [1.807, 2.05) is 4.90 Å². The molecule has 0 aliphatic carbocycles. The summed E-state index contributed by atoms with van der Waals surface area (Å²) in [6.45, 7) is 3.81. The molecule has 8 nitrogen and oxygen atoms in total. The quantitative estimate of drug-likeness (QED) is 0.823. The summed E-state index contributed by atoms with van der Waals surface area (Å²) in [5.41, 5.74) is 0. The number of carbonyl (C=O) groups excluding carboxylic acids is 1. The van der Waals surface area contributed by atoms with Gasteiger partial charge in [-0.15, -0.1) is 0 Å². The van der Waals surface area contributed by atoms with E-state index in [4.69, 9.17) is 14.0 Å². The maximum absolute atomic E-state index is 12.2. The number of β-amino-alcohol motifs (C(OH)–C–C–N with tert-alkyl or cyclic N) is 1. The second-order valence-electron chi connectivity index (χ2n) is 5.44. The minimum absolute atomic E-state index is 0.0893. The largest absolute Gasteiger partial charge is 0.461 e. The van der Waals surface area contributed by atoms with E-state index >= 15 is 0 Å². The van der Waals surface area contributed by atoms with E-state index in [-0.39, 0.29) is 12.5 Å². The van der Waals surface area contributed by atoms with Gasteiger partial charge < -0.3 is 18.9 Å². The fourth-order valence-electron chi connectivity index (χ4n) is 2.60. The standard InChI is InChI=1S/C15H20N4O4/c20-10-9-18-5-7-19(8-6-18)14(21)4-3-13-16-15(17-23-13)12-2-1-11-22-12/h1-2,11,20H,3-10H2. The molecule has 8 heteroatoms. The fourth-order valence-corrected chi connectivity index (χ4v) is 2.60. The van der Waals surface area contributed by atoms with Crippen LogP contribution in [0.3, 0.4) is 0 Å². The van der Waals surface area contributed by atoms with Gasteiger partial charge in [-0.2, -0.15) is 4.98 Å². The molecule has 1 aliphatic heterocycles. The predicted octanol–water partition coefficient (Wildman–Crippen LogP) is 0.399. The van der Waals surface area contributed by atoms with Crippen LogP contribution in [-0.4, -0.2) is 70.3 Å². The highest BCUT2D eigenvalue weighted by Gasteiger charge is 2.21. The van der Waals surface area contributed by atoms with Crippen molar-refractivity contribution in [2.24, 2.45) is 0 Å². The lowest BCUT2D eigenvalue weighted by atomic mass is 10.2. The Morgan fingerprint density at radius 3 is 2.83 bits per heavy atom. The Morgan fingerprint density at radius 1 is 1.30 bits per heavy atom. The maximum atomic E-state index is 12.2. The number of carbonyl (C=O) groups is 1. The third-order valence-electron chi connectivity index (χ3n) is 3.90. The number of piperazine rings is 1. The van der Waals surface area contributed by atoms with Crippen LogP contribution in [0.25, 0.3) is 11.6 Å². The first-order chi connectivity index (χ1) is 11.3. The number of hydrogen-bond acceptors (Lipinski definition) is 7. The first-order valence-corrected chi connectivity index (χ1v) is 7.73. The molecule has 1 amide bonds. The second-order valence-corrected chi connectivity index (χ2v) is 5.44. The lowest BCUT2D eigenvalue weighted by Gasteiger charge is -2.34. The lowest BCUT2D eigenvalue weighted by Crippen LogP contribution is -2.49. The van der Waals surface area contributed by atoms with Gasteiger partial charge in [0.25, 0.3) is 0 Å². The van der Waals surface area contributed by atoms with Gasteiger partial charge in [-0.05, 0) is 12.1 Å². The highest BCUT2D eigenvalue weighted by Crippen LogP contribution is 2.16. The number of rotatable bonds is 6. The minimum Gasteiger partial charge on any atom is -0.461 e. The monoisotopic (exact) mass is 320 g/mol. The van der Waals surface area contributed by atoms with Crippen LogP contribution in [0.4, 0.5) is 0 Å². The minimum atomic E-state index is 0.0893. The van der Waals surface area contributed by atoms with Gasteiger partial charge in [0, 0.05) is 45.6 Å². The first kappa shape index (κ1) is 15.7. The van der Waals surface area contributed by atoms with E-state index in [1.54, 1.807) is 18.4 Å². The van der Waals surface area contributed by atoms with Crippen LogP contribution in [0.15, 0.2) is 27.3 Å². The van der Waals surface area contributed by atoms with Crippen molar-refractivity contribution in [2.75, 3.05) is 39.3 Å². The molecule has 1 aliphatic rings. The van der Waals surface area contributed by atoms with Crippen LogP contribution in [0, 0.1) is 0 Å². The third kappa shape index (κ3) is 3.96. The Kier molecular flexibility index (Phi) is 5.04. The van der Waals surface area contributed by atoms with Gasteiger partial charge in [0.2, 0.25) is 17.6 Å². The lowest BCUT2D eigenvalue weighted by molar-refractivity contribution is -0.133. The molecule has 1 N–H and O–H groups in total. The summed E-state index contributed by atoms with van der Waals surface area (Å²) in [4.78, 5) is 20.4. The van der Waals surface area contributed by atoms with Crippen LogP contribution in [-0.2, 0) is 11.2 Å². The summed E-state index contributed by atoms with van der Waals surface area (Å²) in [5.74, 6) is 1.47. The molecule has 0 bridgehead atoms. The van der Waals surface area contributed by atoms with Gasteiger partial charge in [-0.3, -0.25) is 9.69 Å². The van der Waals surface area contributed by atoms with E-state index in [2.05, 4.69) is 15.0 Å². The number of nitrogens with zero attached hydrogens (tertiary/aromatic N) is 4. The van der Waals surface area contributed by atoms with Crippen molar-refractivity contribution < 1.29 is 18.8 Å². The summed E-state index contributed by atoms with van der Waals surface area (Å²) in [7, 11) is 0. The number of furan rings is 1. The van der Waals surface area contributed by atoms with Crippen LogP contribution in [0.2, 0.25) is 0 Å². The zero-order chi connectivity index (χ0) is 16.1. The predicted molar refractivity (Wildman–Crippen MR) is 80.4 cm³/mol. The Morgan fingerprint density at radius 2 is 2.13 bits per heavy atom. The van der Waals surface area contributed by atoms with Crippen LogP contribution < -0.4 is 0 Å². The van der Waals surface area contributed by atoms with Gasteiger partial charge in [-0.1, -0.05) is 5.16 Å². The first-order valence-electron chi connectivity index (χ1n) is 7.73. The van der Waals surface area contributed by atoms with Crippen molar-refractivity contribution in [3.63, 3.8) is 0 Å². The molecule has 1 saturated heterocycles. The smallest absolute Gasteiger partial charge is 0.238 e. The zero-order valence-corrected chi connectivity index (χ0v) is 12.8. The van der Waals surface area contributed by atoms with Crippen LogP contribution in [0.5, 0.6) is 0 Å². The summed E-state index contributed by atoms with van der Waals surface area (Å²) >= 11 is 0. The fraction of sp³-hybridized carbons (Fsp3) is 0.533. The van der Waals surface area contributed by atoms with Gasteiger partial charge >= 0.3 is 0 Å². The number of aryl methyl sites for hydroxylation is 1. The third-order valence-corrected chi connectivity index (χ3v) is 3.90. The van der Waals surface area contributed by atoms with Crippen molar-refractivity contribution in [2.45, 2.75) is 12.8 Å². The van der Waals surface area contributed by atoms with E-state index in [0.29, 0.717) is 50.0 Å². The molecule has 3 rings (SSSR count). The Bertz CT molecular complexity index is 617. The molecular weight excluding hydrogens is 300 g/mol. The van der Waals surface area contributed by atoms with E-state index in [9.17, 15) is 4.79 Å². The molecule has 0 unspecified atom stereocenters. The van der Waals surface area contributed by atoms with Gasteiger partial charge in [0.15, 0.2) is 5.76 Å². The molecule has 23 heavy (non-hydrogen) atoms. The topological polar surface area (TPSA) is 95.8 Å². The van der Waals surface area contributed by atoms with Crippen molar-refractivity contribution in [1.29, 1.82) is 0 Å². The normalized spacial score (nSPS) is 16.0. The molecule has 3 heterocycles. The molecule has 0 radical (unpaired) electrons. The summed E-state index contributed by atoms with van der Waals surface area (Å²) < 4.78 is 10.3. The van der Waals surface area contributed by atoms with Gasteiger partial charge in [0.05, 0.1) is 12.9 Å². The number of aliphatic hydroxyl groups excluding tert-OH is 1. The Labute approximate surface area is 133 Å². The highest BCUT2D eigenvalue weighted by atomic mass is 16.5. The number of aliphatic hydroxyl groups is 1. The molecular formula is C15H20N4O4. The van der Waals surface area contributed by atoms with Gasteiger partial charge in [-0.25, -0.2) is 0 Å². The number of amides is 1. The molecule has 0 spiro atoms. The molecule has 0 saturated carbocycles. The van der Waals surface area contributed by atoms with Crippen LogP contribution in [0.1, 0.15) is 12.3 Å². The SMILES string of the molecule is O=C(CCc1nc(-c2ccco2)no1)N1CCN(CCO)CC1. The molecule has 0 atom stereocenters. The molecule has 1 fully saturated rings. The molecule has 2 aromatic rings. The van der Waals surface area contributed by atoms with E-state index in [0.717, 1.165) is 13.1 Å². The van der Waals surface area contributed by atoms with Crippen molar-refractivity contribution >= 4 is 5.91 Å². The summed E-state index contributed by atoms with van der Waals surface area (Å²) in [5, 5.41) is 12.8. The van der Waals surface area contributed by atoms with E-state index in [1.165, 1.54) is 0 Å². The van der Waals surface area contributed by atoms with Crippen molar-refractivity contribution in [1.82, 2.24) is 19.9 Å². The molecule has 0 aromatic carbocycles. The number of aromatic nitrogens is 2. The van der Waals surface area contributed by atoms with Crippen LogP contribution >= 0.6 is 0 Å². The summed E-state index contributed by atoms with van der Waals surface area (Å²) in [6.07, 6.45) is 2.31. The number of hydrogen-bond donors (Lipinski definition) is 1. The van der Waals surface area contributed by atoms with Gasteiger partial charge in [0.1, 0.15) is 0 Å². The molecule has 124 valence electrons. The highest BCUT2D eigenvalue weighted by molar-refractivity contribution is 5.76. The average molecular weight is 320 g/mol. The average Bonchev–Trinajstić information content (AvgIpc) is 3.25. The Balaban J connectivity index is 1.46. The zero-order valence-electron chi connectivity index (χ0n) is 12.8. The maximum Gasteiger partial charge on any atom is 0.238 e. The summed E-state index contributed by atoms with van der Waals surface area (Å²) in [6, 6.07) is 3.51. The van der Waals surface area contributed by atoms with Crippen molar-refractivity contribution in [3.05, 3.63) is 24.3 Å². The Hall–Kier alpha value is -2.19. The second kappa shape index (κ2) is 7.38. The van der Waals surface area contributed by atoms with E-state index < -0.39 is 0 Å². The molecule has 2 aromatic heterocycles.